The number of carbonyl (C=O) groups is 1. The van der Waals surface area contributed by atoms with E-state index in [0.717, 1.165) is 5.75 Å². The number of fused-ring (bicyclic) bond motifs is 1. The molecule has 0 bridgehead atoms. The molecule has 4 aromatic rings. The lowest BCUT2D eigenvalue weighted by Crippen LogP contribution is -2.24. The summed E-state index contributed by atoms with van der Waals surface area (Å²) in [5.74, 6) is 1.65. The van der Waals surface area contributed by atoms with Crippen LogP contribution in [0.3, 0.4) is 0 Å². The third-order valence-corrected chi connectivity index (χ3v) is 4.88. The van der Waals surface area contributed by atoms with Crippen LogP contribution in [0.5, 0.6) is 17.2 Å². The van der Waals surface area contributed by atoms with Gasteiger partial charge in [0, 0.05) is 12.4 Å². The van der Waals surface area contributed by atoms with Crippen molar-refractivity contribution in [2.45, 2.75) is 13.3 Å². The van der Waals surface area contributed by atoms with Gasteiger partial charge in [-0.25, -0.2) is 4.68 Å². The molecule has 162 valence electrons. The molecule has 1 aromatic heterocycles. The van der Waals surface area contributed by atoms with Crippen molar-refractivity contribution in [2.75, 3.05) is 11.9 Å². The maximum Gasteiger partial charge on any atom is 0.274 e. The summed E-state index contributed by atoms with van der Waals surface area (Å²) in [6.45, 7) is 2.52. The highest BCUT2D eigenvalue weighted by atomic mass is 16.5. The smallest absolute Gasteiger partial charge is 0.274 e. The first-order valence-corrected chi connectivity index (χ1v) is 10.3. The van der Waals surface area contributed by atoms with E-state index in [4.69, 9.17) is 9.47 Å². The number of aromatic nitrogens is 2. The van der Waals surface area contributed by atoms with E-state index in [2.05, 4.69) is 10.4 Å². The summed E-state index contributed by atoms with van der Waals surface area (Å²) in [5, 5.41) is 8.40. The van der Waals surface area contributed by atoms with Gasteiger partial charge >= 0.3 is 0 Å². The number of benzene rings is 3. The summed E-state index contributed by atoms with van der Waals surface area (Å²) in [7, 11) is 1.58. The highest BCUT2D eigenvalue weighted by molar-refractivity contribution is 5.96. The Labute approximate surface area is 185 Å². The normalized spacial score (nSPS) is 10.7. The molecule has 0 atom stereocenters. The van der Waals surface area contributed by atoms with Crippen LogP contribution in [0.25, 0.3) is 10.8 Å². The van der Waals surface area contributed by atoms with E-state index in [1.807, 2.05) is 49.4 Å². The molecule has 7 heteroatoms. The molecule has 0 aliphatic carbocycles. The van der Waals surface area contributed by atoms with Crippen LogP contribution in [0.4, 0.5) is 5.69 Å². The minimum atomic E-state index is -0.260. The Morgan fingerprint density at radius 2 is 1.59 bits per heavy atom. The van der Waals surface area contributed by atoms with Crippen molar-refractivity contribution in [1.29, 1.82) is 0 Å². The quantitative estimate of drug-likeness (QED) is 0.474. The lowest BCUT2D eigenvalue weighted by Gasteiger charge is -2.13. The van der Waals surface area contributed by atoms with Gasteiger partial charge in [-0.15, -0.1) is 0 Å². The molecule has 0 fully saturated rings. The summed E-state index contributed by atoms with van der Waals surface area (Å²) in [4.78, 5) is 25.1. The zero-order valence-electron chi connectivity index (χ0n) is 17.9. The van der Waals surface area contributed by atoms with Crippen LogP contribution in [0.1, 0.15) is 12.6 Å². The van der Waals surface area contributed by atoms with Crippen molar-refractivity contribution in [3.63, 3.8) is 0 Å². The molecule has 4 rings (SSSR count). The Hall–Kier alpha value is -4.13. The van der Waals surface area contributed by atoms with Crippen molar-refractivity contribution in [3.8, 4) is 17.2 Å². The summed E-state index contributed by atoms with van der Waals surface area (Å²) < 4.78 is 12.7. The number of amides is 1. The molecule has 0 spiro atoms. The lowest BCUT2D eigenvalue weighted by molar-refractivity contribution is -0.115. The number of hydrogen-bond acceptors (Lipinski definition) is 5. The average molecular weight is 429 g/mol. The number of aryl methyl sites for hydroxylation is 1. The Balaban J connectivity index is 1.53. The maximum absolute atomic E-state index is 12.8. The van der Waals surface area contributed by atoms with Crippen LogP contribution >= 0.6 is 0 Å². The molecule has 1 heterocycles. The van der Waals surface area contributed by atoms with Gasteiger partial charge in [-0.05, 0) is 49.4 Å². The molecule has 0 radical (unpaired) electrons. The van der Waals surface area contributed by atoms with E-state index in [-0.39, 0.29) is 17.9 Å². The third-order valence-electron chi connectivity index (χ3n) is 4.88. The lowest BCUT2D eigenvalue weighted by atomic mass is 10.1. The van der Waals surface area contributed by atoms with Crippen molar-refractivity contribution >= 4 is 22.4 Å². The Morgan fingerprint density at radius 3 is 2.34 bits per heavy atom. The molecule has 32 heavy (non-hydrogen) atoms. The second kappa shape index (κ2) is 9.34. The van der Waals surface area contributed by atoms with Crippen LogP contribution in [-0.2, 0) is 18.3 Å². The number of carbonyl (C=O) groups excluding carboxylic acids is 1. The summed E-state index contributed by atoms with van der Waals surface area (Å²) in [5.41, 5.74) is 0.879. The van der Waals surface area contributed by atoms with Gasteiger partial charge in [0.05, 0.1) is 29.8 Å². The highest BCUT2D eigenvalue weighted by Crippen LogP contribution is 2.30. The van der Waals surface area contributed by atoms with Crippen molar-refractivity contribution in [3.05, 3.63) is 88.8 Å². The molecule has 0 aliphatic heterocycles. The van der Waals surface area contributed by atoms with E-state index >= 15 is 0 Å². The topological polar surface area (TPSA) is 82.4 Å². The molecule has 0 aliphatic rings. The Kier molecular flexibility index (Phi) is 6.17. The van der Waals surface area contributed by atoms with E-state index in [1.165, 1.54) is 4.68 Å². The molecule has 0 saturated carbocycles. The molecule has 3 aromatic carbocycles. The molecule has 7 nitrogen and oxygen atoms in total. The van der Waals surface area contributed by atoms with E-state index in [1.54, 1.807) is 37.4 Å². The fourth-order valence-corrected chi connectivity index (χ4v) is 3.41. The maximum atomic E-state index is 12.8. The predicted molar refractivity (Wildman–Crippen MR) is 123 cm³/mol. The van der Waals surface area contributed by atoms with Gasteiger partial charge < -0.3 is 14.8 Å². The van der Waals surface area contributed by atoms with Crippen LogP contribution in [0.2, 0.25) is 0 Å². The second-order valence-corrected chi connectivity index (χ2v) is 7.15. The first-order chi connectivity index (χ1) is 15.5. The Bertz CT molecular complexity index is 1310. The predicted octanol–water partition coefficient (Wildman–Crippen LogP) is 4.31. The number of nitrogens with one attached hydrogen (secondary N) is 1. The molecule has 1 N–H and O–H groups in total. The standard InChI is InChI=1S/C25H23N3O4/c1-3-31-17-12-14-18(15-13-17)32-23-11-7-6-10-21(23)26-24(29)16-22-19-8-4-5-9-20(19)25(30)28(2)27-22/h4-15H,3,16H2,1-2H3,(H,26,29). The number of nitrogens with zero attached hydrogens (tertiary/aromatic N) is 2. The van der Waals surface area contributed by atoms with Crippen LogP contribution in [0.15, 0.2) is 77.6 Å². The van der Waals surface area contributed by atoms with Crippen LogP contribution in [0, 0.1) is 0 Å². The zero-order chi connectivity index (χ0) is 22.5. The molecule has 0 saturated heterocycles. The van der Waals surface area contributed by atoms with Crippen molar-refractivity contribution < 1.29 is 14.3 Å². The van der Waals surface area contributed by atoms with Gasteiger partial charge in [0.25, 0.3) is 5.56 Å². The highest BCUT2D eigenvalue weighted by Gasteiger charge is 2.14. The van der Waals surface area contributed by atoms with Crippen LogP contribution in [-0.4, -0.2) is 22.3 Å². The number of ether oxygens (including phenoxy) is 2. The van der Waals surface area contributed by atoms with Crippen molar-refractivity contribution in [2.24, 2.45) is 7.05 Å². The minimum Gasteiger partial charge on any atom is -0.494 e. The van der Waals surface area contributed by atoms with Gasteiger partial charge in [0.1, 0.15) is 11.5 Å². The number of hydrogen-bond donors (Lipinski definition) is 1. The first kappa shape index (κ1) is 21.1. The zero-order valence-corrected chi connectivity index (χ0v) is 17.9. The average Bonchev–Trinajstić information content (AvgIpc) is 2.80. The summed E-state index contributed by atoms with van der Waals surface area (Å²) in [6.07, 6.45) is 0.0199. The molecular formula is C25H23N3O4. The van der Waals surface area contributed by atoms with Crippen LogP contribution < -0.4 is 20.3 Å². The van der Waals surface area contributed by atoms with Gasteiger partial charge in [-0.3, -0.25) is 9.59 Å². The monoisotopic (exact) mass is 429 g/mol. The van der Waals surface area contributed by atoms with Gasteiger partial charge in [0.15, 0.2) is 5.75 Å². The summed E-state index contributed by atoms with van der Waals surface area (Å²) >= 11 is 0. The van der Waals surface area contributed by atoms with E-state index < -0.39 is 0 Å². The second-order valence-electron chi connectivity index (χ2n) is 7.15. The fourth-order valence-electron chi connectivity index (χ4n) is 3.41. The number of para-hydroxylation sites is 2. The third kappa shape index (κ3) is 4.62. The largest absolute Gasteiger partial charge is 0.494 e. The Morgan fingerprint density at radius 1 is 0.938 bits per heavy atom. The molecule has 1 amide bonds. The molecule has 0 unspecified atom stereocenters. The summed E-state index contributed by atoms with van der Waals surface area (Å²) in [6, 6.07) is 21.6. The van der Waals surface area contributed by atoms with Gasteiger partial charge in [-0.2, -0.15) is 5.10 Å². The van der Waals surface area contributed by atoms with Gasteiger partial charge in [0.2, 0.25) is 5.91 Å². The SMILES string of the molecule is CCOc1ccc(Oc2ccccc2NC(=O)Cc2nn(C)c(=O)c3ccccc23)cc1. The minimum absolute atomic E-state index is 0.0199. The number of anilines is 1. The first-order valence-electron chi connectivity index (χ1n) is 10.3. The van der Waals surface area contributed by atoms with E-state index in [0.29, 0.717) is 40.3 Å². The van der Waals surface area contributed by atoms with Crippen molar-refractivity contribution in [1.82, 2.24) is 9.78 Å². The fraction of sp³-hybridized carbons (Fsp3) is 0.160. The van der Waals surface area contributed by atoms with E-state index in [9.17, 15) is 9.59 Å². The van der Waals surface area contributed by atoms with Gasteiger partial charge in [-0.1, -0.05) is 30.3 Å². The molecular weight excluding hydrogens is 406 g/mol. The number of rotatable bonds is 7.